The number of hydrogen-bond donors (Lipinski definition) is 0. The Bertz CT molecular complexity index is 737. The molecule has 0 fully saturated rings. The molecule has 0 unspecified atom stereocenters. The first-order chi connectivity index (χ1) is 9.06. The van der Waals surface area contributed by atoms with Crippen molar-refractivity contribution in [2.45, 2.75) is 0 Å². The van der Waals surface area contributed by atoms with Gasteiger partial charge in [-0.25, -0.2) is 13.2 Å². The van der Waals surface area contributed by atoms with Crippen LogP contribution in [-0.2, 0) is 0 Å². The molecule has 3 aromatic rings. The third kappa shape index (κ3) is 2.06. The molecule has 0 radical (unpaired) electrons. The summed E-state index contributed by atoms with van der Waals surface area (Å²) in [6.07, 6.45) is 0. The van der Waals surface area contributed by atoms with Gasteiger partial charge in [-0.05, 0) is 17.5 Å². The second kappa shape index (κ2) is 4.47. The van der Waals surface area contributed by atoms with Crippen molar-refractivity contribution in [3.8, 4) is 0 Å². The molecule has 0 bridgehead atoms. The minimum absolute atomic E-state index is 0.242. The smallest absolute Gasteiger partial charge is 0.208 e. The molecule has 96 valence electrons. The van der Waals surface area contributed by atoms with Crippen LogP contribution in [0.1, 0.15) is 15.2 Å². The fraction of sp³-hybridized carbons (Fsp3) is 0. The van der Waals surface area contributed by atoms with E-state index in [1.807, 2.05) is 11.4 Å². The molecule has 2 aromatic heterocycles. The summed E-state index contributed by atoms with van der Waals surface area (Å²) in [7, 11) is 0. The van der Waals surface area contributed by atoms with Gasteiger partial charge in [-0.2, -0.15) is 0 Å². The van der Waals surface area contributed by atoms with Gasteiger partial charge in [0.2, 0.25) is 5.78 Å². The van der Waals surface area contributed by atoms with Crippen LogP contribution in [0, 0.1) is 17.5 Å². The van der Waals surface area contributed by atoms with Gasteiger partial charge in [-0.3, -0.25) is 4.79 Å². The van der Waals surface area contributed by atoms with Crippen molar-refractivity contribution >= 4 is 37.9 Å². The molecule has 19 heavy (non-hydrogen) atoms. The normalized spacial score (nSPS) is 11.1. The highest BCUT2D eigenvalue weighted by molar-refractivity contribution is 7.28. The number of halogens is 3. The van der Waals surface area contributed by atoms with Gasteiger partial charge in [0.05, 0.1) is 10.4 Å². The lowest BCUT2D eigenvalue weighted by molar-refractivity contribution is 0.103. The summed E-state index contributed by atoms with van der Waals surface area (Å²) in [6, 6.07) is 4.44. The van der Waals surface area contributed by atoms with Gasteiger partial charge in [0.1, 0.15) is 17.5 Å². The van der Waals surface area contributed by atoms with Gasteiger partial charge in [0, 0.05) is 21.5 Å². The molecule has 1 nitrogen and oxygen atoms in total. The number of carbonyl (C=O) groups excluding carboxylic acids is 1. The minimum atomic E-state index is -1.18. The van der Waals surface area contributed by atoms with Gasteiger partial charge in [-0.15, -0.1) is 22.7 Å². The summed E-state index contributed by atoms with van der Waals surface area (Å²) in [5.74, 6) is -4.17. The van der Waals surface area contributed by atoms with E-state index in [1.165, 1.54) is 11.3 Å². The van der Waals surface area contributed by atoms with E-state index < -0.39 is 28.8 Å². The third-order valence-corrected chi connectivity index (χ3v) is 4.69. The monoisotopic (exact) mass is 298 g/mol. The molecular weight excluding hydrogens is 293 g/mol. The number of hydrogen-bond acceptors (Lipinski definition) is 3. The van der Waals surface area contributed by atoms with Crippen molar-refractivity contribution in [3.05, 3.63) is 57.5 Å². The number of thiophene rings is 2. The topological polar surface area (TPSA) is 17.1 Å². The van der Waals surface area contributed by atoms with E-state index in [-0.39, 0.29) is 4.88 Å². The zero-order valence-corrected chi connectivity index (χ0v) is 10.9. The zero-order chi connectivity index (χ0) is 13.6. The Labute approximate surface area is 113 Å². The average Bonchev–Trinajstić information content (AvgIpc) is 2.86. The van der Waals surface area contributed by atoms with E-state index in [1.54, 1.807) is 6.07 Å². The summed E-state index contributed by atoms with van der Waals surface area (Å²) >= 11 is 2.60. The second-order valence-corrected chi connectivity index (χ2v) is 5.86. The molecule has 6 heteroatoms. The van der Waals surface area contributed by atoms with E-state index in [0.29, 0.717) is 12.1 Å². The van der Waals surface area contributed by atoms with Crippen molar-refractivity contribution < 1.29 is 18.0 Å². The van der Waals surface area contributed by atoms with E-state index in [2.05, 4.69) is 0 Å². The first-order valence-corrected chi connectivity index (χ1v) is 6.92. The zero-order valence-electron chi connectivity index (χ0n) is 9.25. The summed E-state index contributed by atoms with van der Waals surface area (Å²) in [5, 5.41) is 1.87. The average molecular weight is 298 g/mol. The van der Waals surface area contributed by atoms with E-state index in [9.17, 15) is 18.0 Å². The number of benzene rings is 1. The largest absolute Gasteiger partial charge is 0.287 e. The highest BCUT2D eigenvalue weighted by Gasteiger charge is 2.22. The highest BCUT2D eigenvalue weighted by Crippen LogP contribution is 2.32. The lowest BCUT2D eigenvalue weighted by Gasteiger charge is -2.02. The minimum Gasteiger partial charge on any atom is -0.287 e. The van der Waals surface area contributed by atoms with Crippen LogP contribution in [0.2, 0.25) is 0 Å². The first-order valence-electron chi connectivity index (χ1n) is 5.22. The van der Waals surface area contributed by atoms with Crippen molar-refractivity contribution in [1.82, 2.24) is 0 Å². The van der Waals surface area contributed by atoms with E-state index in [4.69, 9.17) is 0 Å². The lowest BCUT2D eigenvalue weighted by atomic mass is 10.1. The highest BCUT2D eigenvalue weighted by atomic mass is 32.1. The summed E-state index contributed by atoms with van der Waals surface area (Å²) in [6.45, 7) is 0. The van der Waals surface area contributed by atoms with Crippen LogP contribution >= 0.6 is 22.7 Å². The van der Waals surface area contributed by atoms with E-state index >= 15 is 0 Å². The summed E-state index contributed by atoms with van der Waals surface area (Å²) in [5.41, 5.74) is -0.713. The maximum Gasteiger partial charge on any atom is 0.208 e. The standard InChI is InChI=1S/C13H5F3OS2/c14-6-3-7(15)12(8(16)4-6)13(17)11-5-10-9(19-11)1-2-18-10/h1-5H. The molecule has 0 spiro atoms. The molecule has 0 amide bonds. The second-order valence-electron chi connectivity index (χ2n) is 3.83. The number of fused-ring (bicyclic) bond motifs is 1. The predicted octanol–water partition coefficient (Wildman–Crippen LogP) is 4.61. The first kappa shape index (κ1) is 12.4. The predicted molar refractivity (Wildman–Crippen MR) is 69.5 cm³/mol. The Morgan fingerprint density at radius 2 is 1.68 bits per heavy atom. The Morgan fingerprint density at radius 1 is 1.00 bits per heavy atom. The Hall–Kier alpha value is -1.66. The quantitative estimate of drug-likeness (QED) is 0.631. The van der Waals surface area contributed by atoms with Gasteiger partial charge in [0.25, 0.3) is 0 Å². The molecule has 2 heterocycles. The van der Waals surface area contributed by atoms with Crippen LogP contribution in [0.5, 0.6) is 0 Å². The van der Waals surface area contributed by atoms with Gasteiger partial charge in [-0.1, -0.05) is 0 Å². The lowest BCUT2D eigenvalue weighted by Crippen LogP contribution is -2.06. The van der Waals surface area contributed by atoms with Crippen molar-refractivity contribution in [2.24, 2.45) is 0 Å². The maximum absolute atomic E-state index is 13.5. The van der Waals surface area contributed by atoms with Crippen LogP contribution in [-0.4, -0.2) is 5.78 Å². The van der Waals surface area contributed by atoms with Crippen molar-refractivity contribution in [3.63, 3.8) is 0 Å². The Morgan fingerprint density at radius 3 is 2.32 bits per heavy atom. The molecule has 0 atom stereocenters. The Kier molecular flexibility index (Phi) is 2.91. The van der Waals surface area contributed by atoms with Gasteiger partial charge in [0.15, 0.2) is 0 Å². The fourth-order valence-electron chi connectivity index (χ4n) is 1.76. The molecule has 1 aromatic carbocycles. The van der Waals surface area contributed by atoms with Crippen LogP contribution < -0.4 is 0 Å². The van der Waals surface area contributed by atoms with Gasteiger partial charge < -0.3 is 0 Å². The van der Waals surface area contributed by atoms with Crippen LogP contribution in [0.3, 0.4) is 0 Å². The molecule has 3 rings (SSSR count). The van der Waals surface area contributed by atoms with Crippen LogP contribution in [0.4, 0.5) is 13.2 Å². The molecule has 0 N–H and O–H groups in total. The van der Waals surface area contributed by atoms with Crippen molar-refractivity contribution in [1.29, 1.82) is 0 Å². The molecular formula is C13H5F3OS2. The fourth-order valence-corrected chi connectivity index (χ4v) is 3.81. The SMILES string of the molecule is O=C(c1cc2sccc2s1)c1c(F)cc(F)cc1F. The van der Waals surface area contributed by atoms with Crippen LogP contribution in [0.15, 0.2) is 29.6 Å². The maximum atomic E-state index is 13.5. The van der Waals surface area contributed by atoms with Crippen molar-refractivity contribution in [2.75, 3.05) is 0 Å². The third-order valence-electron chi connectivity index (χ3n) is 2.60. The molecule has 0 saturated heterocycles. The molecule has 0 saturated carbocycles. The Balaban J connectivity index is 2.12. The number of rotatable bonds is 2. The molecule has 0 aliphatic rings. The molecule has 0 aliphatic heterocycles. The number of ketones is 1. The van der Waals surface area contributed by atoms with E-state index in [0.717, 1.165) is 20.7 Å². The summed E-state index contributed by atoms with van der Waals surface area (Å²) < 4.78 is 41.6. The summed E-state index contributed by atoms with van der Waals surface area (Å²) in [4.78, 5) is 12.3. The molecule has 0 aliphatic carbocycles. The number of carbonyl (C=O) groups is 1. The van der Waals surface area contributed by atoms with Gasteiger partial charge >= 0.3 is 0 Å². The van der Waals surface area contributed by atoms with Crippen LogP contribution in [0.25, 0.3) is 9.40 Å².